The summed E-state index contributed by atoms with van der Waals surface area (Å²) in [6.07, 6.45) is 1.98. The summed E-state index contributed by atoms with van der Waals surface area (Å²) in [5.74, 6) is 7.48. The third-order valence-electron chi connectivity index (χ3n) is 7.11. The van der Waals surface area contributed by atoms with Gasteiger partial charge in [0, 0.05) is 0 Å². The van der Waals surface area contributed by atoms with Gasteiger partial charge in [-0.15, -0.1) is 0 Å². The molecule has 2 aromatic heterocycles. The molecule has 6 rings (SSSR count). The molecule has 0 saturated carbocycles. The van der Waals surface area contributed by atoms with Gasteiger partial charge in [-0.2, -0.15) is 0 Å². The SMILES string of the molecule is CC(C)(C)c1cc(-c2nccc3c2sc2c4ccc([CH2][Ge]([CH3])([CH3])[CH3])cc4ccc32)cc2ccccc12. The van der Waals surface area contributed by atoms with Crippen molar-refractivity contribution in [3.05, 3.63) is 90.1 Å². The molecule has 4 aromatic carbocycles. The Morgan fingerprint density at radius 3 is 2.22 bits per heavy atom. The van der Waals surface area contributed by atoms with E-state index in [2.05, 4.69) is 111 Å². The van der Waals surface area contributed by atoms with E-state index in [-0.39, 0.29) is 5.41 Å². The smallest absolute Gasteiger partial charge is 0.0616 e. The van der Waals surface area contributed by atoms with E-state index in [9.17, 15) is 0 Å². The quantitative estimate of drug-likeness (QED) is 0.201. The minimum Gasteiger partial charge on any atom is -0.0616 e. The van der Waals surface area contributed by atoms with Crippen LogP contribution in [0.25, 0.3) is 53.0 Å². The van der Waals surface area contributed by atoms with Crippen molar-refractivity contribution in [3.63, 3.8) is 0 Å². The molecule has 2 heterocycles. The molecular formula is C33H33GeNS. The number of rotatable bonds is 3. The van der Waals surface area contributed by atoms with Crippen LogP contribution < -0.4 is 0 Å². The maximum absolute atomic E-state index is 4.95. The second kappa shape index (κ2) is 8.43. The van der Waals surface area contributed by atoms with Gasteiger partial charge in [-0.3, -0.25) is 0 Å². The molecule has 6 aromatic rings. The van der Waals surface area contributed by atoms with Gasteiger partial charge in [-0.25, -0.2) is 0 Å². The number of nitrogens with zero attached hydrogens (tertiary/aromatic N) is 1. The van der Waals surface area contributed by atoms with Crippen LogP contribution in [0, 0.1) is 0 Å². The predicted molar refractivity (Wildman–Crippen MR) is 163 cm³/mol. The second-order valence-electron chi connectivity index (χ2n) is 12.4. The van der Waals surface area contributed by atoms with E-state index in [1.165, 1.54) is 63.7 Å². The van der Waals surface area contributed by atoms with Crippen molar-refractivity contribution in [3.8, 4) is 11.3 Å². The molecule has 0 aliphatic carbocycles. The first kappa shape index (κ1) is 23.7. The minimum atomic E-state index is -1.66. The molecule has 36 heavy (non-hydrogen) atoms. The molecule has 3 heteroatoms. The Morgan fingerprint density at radius 1 is 0.722 bits per heavy atom. The molecule has 0 bridgehead atoms. The van der Waals surface area contributed by atoms with E-state index in [4.69, 9.17) is 4.98 Å². The van der Waals surface area contributed by atoms with E-state index in [1.54, 1.807) is 0 Å². The Bertz CT molecular complexity index is 1780. The molecule has 0 saturated heterocycles. The molecule has 0 unspecified atom stereocenters. The predicted octanol–water partition coefficient (Wildman–Crippen LogP) is 10.1. The van der Waals surface area contributed by atoms with Crippen molar-refractivity contribution in [2.45, 2.75) is 48.7 Å². The summed E-state index contributed by atoms with van der Waals surface area (Å²) in [7, 11) is 0. The molecule has 0 aliphatic rings. The minimum absolute atomic E-state index is 0.0501. The van der Waals surface area contributed by atoms with Crippen LogP contribution in [-0.2, 0) is 10.7 Å². The van der Waals surface area contributed by atoms with E-state index in [0.29, 0.717) is 0 Å². The number of aromatic nitrogens is 1. The van der Waals surface area contributed by atoms with E-state index < -0.39 is 13.3 Å². The molecule has 0 N–H and O–H groups in total. The molecule has 0 radical (unpaired) electrons. The summed E-state index contributed by atoms with van der Waals surface area (Å²) in [5.41, 5.74) is 5.21. The average Bonchev–Trinajstić information content (AvgIpc) is 3.20. The number of benzene rings is 4. The molecule has 0 aliphatic heterocycles. The fraction of sp³-hybridized carbons (Fsp3) is 0.242. The zero-order valence-electron chi connectivity index (χ0n) is 22.1. The fourth-order valence-electron chi connectivity index (χ4n) is 5.53. The Kier molecular flexibility index (Phi) is 5.55. The Labute approximate surface area is 220 Å². The normalized spacial score (nSPS) is 12.8. The molecule has 0 amide bonds. The maximum atomic E-state index is 4.95. The van der Waals surface area contributed by atoms with Gasteiger partial charge < -0.3 is 0 Å². The van der Waals surface area contributed by atoms with Crippen molar-refractivity contribution in [1.29, 1.82) is 0 Å². The topological polar surface area (TPSA) is 12.9 Å². The van der Waals surface area contributed by atoms with Crippen LogP contribution in [-0.4, -0.2) is 18.3 Å². The summed E-state index contributed by atoms with van der Waals surface area (Å²) in [6, 6.07) is 27.4. The van der Waals surface area contributed by atoms with Gasteiger partial charge in [-0.05, 0) is 10.8 Å². The Morgan fingerprint density at radius 2 is 1.44 bits per heavy atom. The zero-order chi connectivity index (χ0) is 25.2. The first-order chi connectivity index (χ1) is 17.1. The monoisotopic (exact) mass is 549 g/mol. The van der Waals surface area contributed by atoms with Gasteiger partial charge >= 0.3 is 166 Å². The van der Waals surface area contributed by atoms with E-state index >= 15 is 0 Å². The van der Waals surface area contributed by atoms with E-state index in [0.717, 1.165) is 5.69 Å². The van der Waals surface area contributed by atoms with Crippen LogP contribution in [0.3, 0.4) is 0 Å². The van der Waals surface area contributed by atoms with Crippen LogP contribution in [0.1, 0.15) is 31.9 Å². The third-order valence-corrected chi connectivity index (χ3v) is 11.5. The Balaban J connectivity index is 1.59. The summed E-state index contributed by atoms with van der Waals surface area (Å²) >= 11 is 0.244. The van der Waals surface area contributed by atoms with Gasteiger partial charge in [-0.1, -0.05) is 45.0 Å². The van der Waals surface area contributed by atoms with Crippen LogP contribution in [0.2, 0.25) is 17.3 Å². The summed E-state index contributed by atoms with van der Waals surface area (Å²) in [6.45, 7) is 6.90. The van der Waals surface area contributed by atoms with Crippen molar-refractivity contribution in [2.24, 2.45) is 0 Å². The van der Waals surface area contributed by atoms with Crippen LogP contribution in [0.5, 0.6) is 0 Å². The van der Waals surface area contributed by atoms with Gasteiger partial charge in [0.1, 0.15) is 0 Å². The molecule has 1 nitrogen and oxygen atoms in total. The van der Waals surface area contributed by atoms with Gasteiger partial charge in [0.15, 0.2) is 0 Å². The first-order valence-corrected chi connectivity index (χ1v) is 21.4. The number of fused-ring (bicyclic) bond motifs is 6. The molecule has 0 fully saturated rings. The molecule has 180 valence electrons. The van der Waals surface area contributed by atoms with Crippen LogP contribution in [0.15, 0.2) is 79.0 Å². The van der Waals surface area contributed by atoms with Crippen molar-refractivity contribution in [1.82, 2.24) is 4.98 Å². The van der Waals surface area contributed by atoms with E-state index in [1.807, 2.05) is 17.5 Å². The Hall–Kier alpha value is -2.69. The van der Waals surface area contributed by atoms with Crippen LogP contribution >= 0.6 is 11.3 Å². The van der Waals surface area contributed by atoms with Gasteiger partial charge in [0.05, 0.1) is 0 Å². The molecule has 0 spiro atoms. The number of hydrogen-bond donors (Lipinski definition) is 0. The second-order valence-corrected chi connectivity index (χ2v) is 24.9. The molecule has 0 atom stereocenters. The van der Waals surface area contributed by atoms with Crippen molar-refractivity contribution < 1.29 is 0 Å². The summed E-state index contributed by atoms with van der Waals surface area (Å²) < 4.78 is 2.65. The summed E-state index contributed by atoms with van der Waals surface area (Å²) in [4.78, 5) is 4.95. The number of hydrogen-bond acceptors (Lipinski definition) is 2. The van der Waals surface area contributed by atoms with Gasteiger partial charge in [0.25, 0.3) is 0 Å². The molecular weight excluding hydrogens is 515 g/mol. The average molecular weight is 548 g/mol. The standard InChI is InChI=1S/C33H33GeNS/c1-33(2,3)29-19-24(18-22-9-7-8-10-25(22)29)30-32-28(15-16-35-30)27-14-12-23-17-21(20-34(4,5)6)11-13-26(23)31(27)36-32/h7-19H,20H2,1-6H3. The van der Waals surface area contributed by atoms with Crippen molar-refractivity contribution >= 4 is 66.3 Å². The number of pyridine rings is 1. The first-order valence-electron chi connectivity index (χ1n) is 12.8. The third kappa shape index (κ3) is 4.15. The fourth-order valence-corrected chi connectivity index (χ4v) is 9.91. The number of thiophene rings is 1. The van der Waals surface area contributed by atoms with Gasteiger partial charge in [0.2, 0.25) is 0 Å². The van der Waals surface area contributed by atoms with Crippen LogP contribution in [0.4, 0.5) is 0 Å². The zero-order valence-corrected chi connectivity index (χ0v) is 25.0. The summed E-state index contributed by atoms with van der Waals surface area (Å²) in [5, 5.41) is 9.24. The van der Waals surface area contributed by atoms with Crippen molar-refractivity contribution in [2.75, 3.05) is 0 Å².